The minimum Gasteiger partial charge on any atom is -0.481 e. The summed E-state index contributed by atoms with van der Waals surface area (Å²) in [4.78, 5) is 22.9. The molecule has 0 heterocycles. The number of alkyl carbamates (subject to hydrolysis) is 1. The minimum absolute atomic E-state index is 0.0827. The summed E-state index contributed by atoms with van der Waals surface area (Å²) in [6.45, 7) is 5.46. The molecule has 6 heteroatoms. The third kappa shape index (κ3) is 7.07. The lowest BCUT2D eigenvalue weighted by atomic mass is 9.79. The van der Waals surface area contributed by atoms with Crippen molar-refractivity contribution in [2.75, 3.05) is 5.75 Å². The van der Waals surface area contributed by atoms with Gasteiger partial charge in [-0.15, -0.1) is 0 Å². The van der Waals surface area contributed by atoms with Crippen LogP contribution in [-0.4, -0.2) is 34.6 Å². The molecule has 3 atom stereocenters. The molecule has 0 aromatic rings. The third-order valence-corrected chi connectivity index (χ3v) is 4.13. The van der Waals surface area contributed by atoms with Crippen molar-refractivity contribution in [2.24, 2.45) is 11.8 Å². The fraction of sp³-hybridized carbons (Fsp3) is 0.867. The highest BCUT2D eigenvalue weighted by atomic mass is 32.1. The average molecular weight is 317 g/mol. The number of carboxylic acids is 1. The predicted octanol–water partition coefficient (Wildman–Crippen LogP) is 3.09. The second-order valence-electron chi connectivity index (χ2n) is 6.83. The number of rotatable bonds is 5. The lowest BCUT2D eigenvalue weighted by Crippen LogP contribution is -2.41. The van der Waals surface area contributed by atoms with Crippen LogP contribution in [0.3, 0.4) is 0 Å². The molecule has 122 valence electrons. The molecule has 1 amide bonds. The summed E-state index contributed by atoms with van der Waals surface area (Å²) in [5.74, 6) is -0.104. The molecule has 21 heavy (non-hydrogen) atoms. The van der Waals surface area contributed by atoms with Crippen molar-refractivity contribution < 1.29 is 19.4 Å². The zero-order valence-corrected chi connectivity index (χ0v) is 14.0. The zero-order valence-electron chi connectivity index (χ0n) is 13.1. The molecule has 1 fully saturated rings. The van der Waals surface area contributed by atoms with Crippen molar-refractivity contribution in [3.63, 3.8) is 0 Å². The van der Waals surface area contributed by atoms with Crippen LogP contribution in [0.4, 0.5) is 4.79 Å². The van der Waals surface area contributed by atoms with Crippen LogP contribution in [0.1, 0.15) is 52.9 Å². The molecule has 0 saturated heterocycles. The van der Waals surface area contributed by atoms with Gasteiger partial charge in [-0.05, 0) is 46.0 Å². The van der Waals surface area contributed by atoms with Crippen LogP contribution >= 0.6 is 12.6 Å². The maximum Gasteiger partial charge on any atom is 0.407 e. The average Bonchev–Trinajstić information content (AvgIpc) is 2.36. The van der Waals surface area contributed by atoms with Gasteiger partial charge < -0.3 is 15.2 Å². The molecule has 0 aliphatic heterocycles. The molecule has 1 saturated carbocycles. The standard InChI is InChI=1S/C15H27NO4S/c1-15(2,3)20-14(19)16-12(9-21)8-10-5-4-6-11(7-10)13(17)18/h10-12,21H,4-9H2,1-3H3,(H,16,19)(H,17,18). The number of thiol groups is 1. The highest BCUT2D eigenvalue weighted by molar-refractivity contribution is 7.80. The van der Waals surface area contributed by atoms with Gasteiger partial charge in [0, 0.05) is 11.8 Å². The Kier molecular flexibility index (Phi) is 6.84. The van der Waals surface area contributed by atoms with Gasteiger partial charge in [0.25, 0.3) is 0 Å². The summed E-state index contributed by atoms with van der Waals surface area (Å²) in [6, 6.07) is -0.0827. The van der Waals surface area contributed by atoms with Crippen molar-refractivity contribution in [3.05, 3.63) is 0 Å². The van der Waals surface area contributed by atoms with Gasteiger partial charge in [0.2, 0.25) is 0 Å². The number of ether oxygens (including phenoxy) is 1. The highest BCUT2D eigenvalue weighted by Gasteiger charge is 2.29. The number of aliphatic carboxylic acids is 1. The van der Waals surface area contributed by atoms with Crippen LogP contribution in [0.15, 0.2) is 0 Å². The molecular formula is C15H27NO4S. The van der Waals surface area contributed by atoms with Crippen molar-refractivity contribution in [2.45, 2.75) is 64.5 Å². The maximum atomic E-state index is 11.8. The number of carbonyl (C=O) groups is 2. The molecule has 0 bridgehead atoms. The summed E-state index contributed by atoms with van der Waals surface area (Å²) in [6.07, 6.45) is 3.73. The SMILES string of the molecule is CC(C)(C)OC(=O)NC(CS)CC1CCCC(C(=O)O)C1. The number of amides is 1. The minimum atomic E-state index is -0.706. The Balaban J connectivity index is 2.46. The molecule has 1 rings (SSSR count). The van der Waals surface area contributed by atoms with Crippen molar-refractivity contribution in [3.8, 4) is 0 Å². The van der Waals surface area contributed by atoms with E-state index in [4.69, 9.17) is 9.84 Å². The first-order valence-electron chi connectivity index (χ1n) is 7.54. The molecule has 0 aromatic carbocycles. The Labute approximate surface area is 132 Å². The van der Waals surface area contributed by atoms with Crippen molar-refractivity contribution in [1.29, 1.82) is 0 Å². The van der Waals surface area contributed by atoms with Crippen molar-refractivity contribution in [1.82, 2.24) is 5.32 Å². The van der Waals surface area contributed by atoms with E-state index in [2.05, 4.69) is 17.9 Å². The number of nitrogens with one attached hydrogen (secondary N) is 1. The molecule has 0 spiro atoms. The van der Waals surface area contributed by atoms with E-state index >= 15 is 0 Å². The van der Waals surface area contributed by atoms with E-state index in [1.165, 1.54) is 0 Å². The Morgan fingerprint density at radius 1 is 1.38 bits per heavy atom. The monoisotopic (exact) mass is 317 g/mol. The van der Waals surface area contributed by atoms with Gasteiger partial charge >= 0.3 is 12.1 Å². The first kappa shape index (κ1) is 18.1. The van der Waals surface area contributed by atoms with E-state index in [1.807, 2.05) is 20.8 Å². The Hall–Kier alpha value is -0.910. The first-order chi connectivity index (χ1) is 9.71. The summed E-state index contributed by atoms with van der Waals surface area (Å²) in [5, 5.41) is 11.9. The highest BCUT2D eigenvalue weighted by Crippen LogP contribution is 2.32. The number of carboxylic acid groups (broad SMARTS) is 1. The van der Waals surface area contributed by atoms with Gasteiger partial charge in [-0.3, -0.25) is 4.79 Å². The van der Waals surface area contributed by atoms with Gasteiger partial charge in [0.1, 0.15) is 5.60 Å². The van der Waals surface area contributed by atoms with E-state index in [0.717, 1.165) is 25.7 Å². The van der Waals surface area contributed by atoms with Crippen LogP contribution < -0.4 is 5.32 Å². The van der Waals surface area contributed by atoms with Gasteiger partial charge in [-0.25, -0.2) is 4.79 Å². The lowest BCUT2D eigenvalue weighted by molar-refractivity contribution is -0.143. The molecule has 1 aliphatic carbocycles. The summed E-state index contributed by atoms with van der Waals surface area (Å²) >= 11 is 4.28. The molecular weight excluding hydrogens is 290 g/mol. The van der Waals surface area contributed by atoms with Crippen LogP contribution in [0.5, 0.6) is 0 Å². The van der Waals surface area contributed by atoms with Crippen LogP contribution in [0.25, 0.3) is 0 Å². The van der Waals surface area contributed by atoms with Crippen LogP contribution in [-0.2, 0) is 9.53 Å². The van der Waals surface area contributed by atoms with Gasteiger partial charge in [0.15, 0.2) is 0 Å². The van der Waals surface area contributed by atoms with E-state index in [-0.39, 0.29) is 12.0 Å². The van der Waals surface area contributed by atoms with Crippen LogP contribution in [0.2, 0.25) is 0 Å². The molecule has 0 aromatic heterocycles. The van der Waals surface area contributed by atoms with Crippen molar-refractivity contribution >= 4 is 24.7 Å². The number of hydrogen-bond acceptors (Lipinski definition) is 4. The van der Waals surface area contributed by atoms with Gasteiger partial charge in [0.05, 0.1) is 5.92 Å². The molecule has 1 aliphatic rings. The molecule has 2 N–H and O–H groups in total. The van der Waals surface area contributed by atoms with E-state index < -0.39 is 17.7 Å². The van der Waals surface area contributed by atoms with E-state index in [9.17, 15) is 9.59 Å². The Bertz CT molecular complexity index is 367. The molecule has 0 radical (unpaired) electrons. The lowest BCUT2D eigenvalue weighted by Gasteiger charge is -2.30. The topological polar surface area (TPSA) is 75.6 Å². The second kappa shape index (κ2) is 7.92. The quantitative estimate of drug-likeness (QED) is 0.681. The smallest absolute Gasteiger partial charge is 0.407 e. The second-order valence-corrected chi connectivity index (χ2v) is 7.19. The third-order valence-electron chi connectivity index (χ3n) is 3.69. The summed E-state index contributed by atoms with van der Waals surface area (Å²) in [5.41, 5.74) is -0.523. The predicted molar refractivity (Wildman–Crippen MR) is 84.7 cm³/mol. The summed E-state index contributed by atoms with van der Waals surface area (Å²) < 4.78 is 5.24. The fourth-order valence-electron chi connectivity index (χ4n) is 2.79. The summed E-state index contributed by atoms with van der Waals surface area (Å²) in [7, 11) is 0. The maximum absolute atomic E-state index is 11.8. The van der Waals surface area contributed by atoms with Crippen LogP contribution in [0, 0.1) is 11.8 Å². The zero-order chi connectivity index (χ0) is 16.0. The van der Waals surface area contributed by atoms with Gasteiger partial charge in [-0.1, -0.05) is 12.8 Å². The normalized spacial score (nSPS) is 24.2. The Morgan fingerprint density at radius 3 is 2.57 bits per heavy atom. The molecule has 5 nitrogen and oxygen atoms in total. The number of carbonyl (C=O) groups excluding carboxylic acids is 1. The molecule has 3 unspecified atom stereocenters. The first-order valence-corrected chi connectivity index (χ1v) is 8.17. The fourth-order valence-corrected chi connectivity index (χ4v) is 3.03. The Morgan fingerprint density at radius 2 is 2.05 bits per heavy atom. The van der Waals surface area contributed by atoms with E-state index in [0.29, 0.717) is 18.1 Å². The largest absolute Gasteiger partial charge is 0.481 e. The van der Waals surface area contributed by atoms with E-state index in [1.54, 1.807) is 0 Å². The van der Waals surface area contributed by atoms with Gasteiger partial charge in [-0.2, -0.15) is 12.6 Å². The number of hydrogen-bond donors (Lipinski definition) is 3.